The lowest BCUT2D eigenvalue weighted by Crippen LogP contribution is -2.74. The summed E-state index contributed by atoms with van der Waals surface area (Å²) in [6, 6.07) is 10.9. The Bertz CT molecular complexity index is 5610. The predicted octanol–water partition coefficient (Wildman–Crippen LogP) is 15.3. The van der Waals surface area contributed by atoms with Crippen LogP contribution in [0.2, 0.25) is 0 Å². The number of rotatable bonds is 11. The first kappa shape index (κ1) is 30.1. The smallest absolute Gasteiger partial charge is 0.269 e. The number of hydrogen-bond acceptors (Lipinski definition) is 2. The van der Waals surface area contributed by atoms with E-state index in [0.717, 1.165) is 27.4 Å². The average molecular weight is 1080 g/mol. The number of fused-ring (bicyclic) bond motifs is 4. The fourth-order valence-electron chi connectivity index (χ4n) is 10.4. The number of ether oxygens (including phenoxy) is 1. The lowest BCUT2D eigenvalue weighted by Gasteiger charge is -2.34. The zero-order chi connectivity index (χ0) is 75.5. The number of para-hydroxylation sites is 2. The van der Waals surface area contributed by atoms with E-state index >= 15 is 0 Å². The minimum atomic E-state index is -6.24. The van der Waals surface area contributed by atoms with Crippen LogP contribution in [0.1, 0.15) is 85.6 Å². The van der Waals surface area contributed by atoms with Crippen LogP contribution in [-0.4, -0.2) is 22.2 Å². The summed E-state index contributed by atoms with van der Waals surface area (Å²) in [6.07, 6.45) is 5.27. The van der Waals surface area contributed by atoms with Crippen molar-refractivity contribution in [1.82, 2.24) is 14.1 Å². The molecule has 0 amide bonds. The molecule has 0 aliphatic heterocycles. The van der Waals surface area contributed by atoms with Crippen LogP contribution in [0.3, 0.4) is 0 Å². The first-order chi connectivity index (χ1) is 48.9. The highest BCUT2D eigenvalue weighted by Crippen LogP contribution is 2.38. The van der Waals surface area contributed by atoms with Crippen LogP contribution in [0.4, 0.5) is 0 Å². The van der Waals surface area contributed by atoms with Crippen LogP contribution in [0, 0.1) is 6.33 Å². The van der Waals surface area contributed by atoms with Gasteiger partial charge in [-0.2, -0.15) is 0 Å². The van der Waals surface area contributed by atoms with Gasteiger partial charge in [-0.25, -0.2) is 4.98 Å². The van der Waals surface area contributed by atoms with E-state index in [-0.39, 0.29) is 33.1 Å². The van der Waals surface area contributed by atoms with Gasteiger partial charge in [0.15, 0.2) is 8.07 Å². The first-order valence-electron chi connectivity index (χ1n) is 37.7. The van der Waals surface area contributed by atoms with Gasteiger partial charge in [0.2, 0.25) is 0 Å². The third-order valence-corrected chi connectivity index (χ3v) is 18.2. The van der Waals surface area contributed by atoms with E-state index in [0.29, 0.717) is 34.3 Å². The molecule has 0 spiro atoms. The van der Waals surface area contributed by atoms with E-state index < -0.39 is 185 Å². The summed E-state index contributed by atoms with van der Waals surface area (Å²) in [7, 11) is -6.24. The van der Waals surface area contributed by atoms with E-state index in [1.807, 2.05) is 75.4 Å². The fraction of sp³-hybridized carbons (Fsp3) is 0.108. The van der Waals surface area contributed by atoms with Gasteiger partial charge in [0.1, 0.15) is 17.3 Å². The summed E-state index contributed by atoms with van der Waals surface area (Å²) >= 11 is 0. The van der Waals surface area contributed by atoms with Crippen molar-refractivity contribution in [3.63, 3.8) is 0 Å². The summed E-state index contributed by atoms with van der Waals surface area (Å²) < 4.78 is 236. The number of pyridine rings is 1. The van der Waals surface area contributed by atoms with Crippen molar-refractivity contribution in [2.24, 2.45) is 0 Å². The molecule has 13 aromatic rings. The largest absolute Gasteiger partial charge is 0.458 e. The molecular formula is C74H62N4OSi. The van der Waals surface area contributed by atoms with Crippen LogP contribution >= 0.6 is 0 Å². The van der Waals surface area contributed by atoms with Gasteiger partial charge in [-0.3, -0.25) is 13.7 Å². The second kappa shape index (κ2) is 20.1. The molecule has 3 aromatic heterocycles. The number of imidazole rings is 1. The van der Waals surface area contributed by atoms with Gasteiger partial charge in [-0.05, 0) is 120 Å². The summed E-state index contributed by atoms with van der Waals surface area (Å²) in [4.78, 5) is 4.84. The standard InChI is InChI=1S/C74H62N4OSi/c1-73(2,3)55-44-45-75-71(48-55)78-67-39-20-19-36-64(67)65-42-41-58(50-69(65)78)79-57-28-22-27-56(49-57)76-51-77(72-63(52-24-11-7-12-25-52)37-23-38-66(72)74(4,5)6)68-43-40-54(47-70(68)76)53-26-21-35-62(46-53)80(59-29-13-8-14-30-59,60-31-15-9-16-32-60)61-33-17-10-18-34-61/h7-50H,1-6H3/i7D,8D,9D,10D,11D,12D,13D,14D,15D,16D,17D,18D,21D,24D,25D,26D,29D,30D,31D,32D,33D,34D,35D,46D. The quantitative estimate of drug-likeness (QED) is 0.0560. The Hall–Kier alpha value is -9.36. The molecule has 3 heterocycles. The van der Waals surface area contributed by atoms with Crippen LogP contribution in [0.5, 0.6) is 11.5 Å². The van der Waals surface area contributed by atoms with E-state index in [1.165, 1.54) is 12.1 Å². The predicted molar refractivity (Wildman–Crippen MR) is 334 cm³/mol. The number of aromatic nitrogens is 4. The fourth-order valence-corrected chi connectivity index (χ4v) is 14.0. The Morgan fingerprint density at radius 3 is 1.81 bits per heavy atom. The second-order valence-electron chi connectivity index (χ2n) is 21.2. The lowest BCUT2D eigenvalue weighted by atomic mass is 9.83. The molecule has 5 nitrogen and oxygen atoms in total. The molecular weight excluding hydrogens is 989 g/mol. The van der Waals surface area contributed by atoms with Gasteiger partial charge in [0, 0.05) is 23.0 Å². The molecule has 0 aliphatic carbocycles. The van der Waals surface area contributed by atoms with Crippen molar-refractivity contribution in [3.8, 4) is 50.9 Å². The molecule has 0 radical (unpaired) electrons. The molecule has 0 bridgehead atoms. The number of nitrogens with zero attached hydrogens (tertiary/aromatic N) is 4. The molecule has 10 aromatic carbocycles. The Morgan fingerprint density at radius 1 is 0.500 bits per heavy atom. The highest BCUT2D eigenvalue weighted by Gasteiger charge is 2.41. The van der Waals surface area contributed by atoms with Gasteiger partial charge >= 0.3 is 0 Å². The number of benzene rings is 10. The van der Waals surface area contributed by atoms with Crippen LogP contribution in [0.15, 0.2) is 266 Å². The monoisotopic (exact) mass is 1070 g/mol. The average Bonchev–Trinajstić information content (AvgIpc) is 0.888. The van der Waals surface area contributed by atoms with Crippen molar-refractivity contribution >= 4 is 61.7 Å². The highest BCUT2D eigenvalue weighted by molar-refractivity contribution is 7.19. The highest BCUT2D eigenvalue weighted by atomic mass is 28.3. The molecule has 0 saturated heterocycles. The summed E-state index contributed by atoms with van der Waals surface area (Å²) in [6.45, 7) is 12.1. The number of hydrogen-bond donors (Lipinski definition) is 0. The van der Waals surface area contributed by atoms with Crippen molar-refractivity contribution in [1.29, 1.82) is 0 Å². The summed E-state index contributed by atoms with van der Waals surface area (Å²) in [5, 5.41) is -2.03. The lowest BCUT2D eigenvalue weighted by molar-refractivity contribution is -0.572. The zero-order valence-electron chi connectivity index (χ0n) is 68.2. The SMILES string of the molecule is [2H]c1c([2H])c([2H])c(-c2cccc(C(C)(C)C)c2-[n+]2[c-]n(-c3cccc(Oc4ccc5c6ccccc6n(-c6cc(C(C)(C)C)ccn6)c5c4)c3)c3cc(-c4c([2H])c([2H])c([2H])c([Si](c5c([2H])c([2H])c([2H])c([2H])c5[2H])(c5c([2H])c([2H])c([2H])c([2H])c5[2H])c5c([2H])c([2H])c([2H])c([2H])c5[2H])c4[2H])ccc32)c([2H])c1[2H]. The van der Waals surface area contributed by atoms with E-state index in [9.17, 15) is 16.4 Å². The van der Waals surface area contributed by atoms with E-state index in [4.69, 9.17) is 26.2 Å². The van der Waals surface area contributed by atoms with Crippen molar-refractivity contribution in [2.75, 3.05) is 0 Å². The molecule has 0 saturated carbocycles. The first-order valence-corrected chi connectivity index (χ1v) is 27.7. The maximum absolute atomic E-state index is 10.7. The Kier molecular flexibility index (Phi) is 7.58. The van der Waals surface area contributed by atoms with E-state index in [2.05, 4.69) is 37.7 Å². The minimum absolute atomic E-state index is 0.123. The third kappa shape index (κ3) is 8.92. The third-order valence-electron chi connectivity index (χ3n) is 14.2. The maximum Gasteiger partial charge on any atom is 0.269 e. The maximum atomic E-state index is 10.7. The van der Waals surface area contributed by atoms with Crippen molar-refractivity contribution in [3.05, 3.63) is 284 Å². The Balaban J connectivity index is 1.13. The molecule has 0 atom stereocenters. The summed E-state index contributed by atoms with van der Waals surface area (Å²) in [5.41, 5.74) is 2.87. The second-order valence-corrected chi connectivity index (χ2v) is 24.7. The van der Waals surface area contributed by atoms with Crippen molar-refractivity contribution < 1.29 is 42.2 Å². The Morgan fingerprint density at radius 2 is 1.12 bits per heavy atom. The zero-order valence-corrected chi connectivity index (χ0v) is 45.2. The summed E-state index contributed by atoms with van der Waals surface area (Å²) in [5.74, 6) is 1.41. The normalized spacial score (nSPS) is 16.3. The molecule has 0 aliphatic rings. The van der Waals surface area contributed by atoms with Gasteiger partial charge in [0.25, 0.3) is 6.33 Å². The molecule has 80 heavy (non-hydrogen) atoms. The molecule has 13 rings (SSSR count). The van der Waals surface area contributed by atoms with Crippen molar-refractivity contribution in [2.45, 2.75) is 52.4 Å². The Labute approximate surface area is 504 Å². The van der Waals surface area contributed by atoms with Gasteiger partial charge in [0.05, 0.1) is 66.3 Å². The van der Waals surface area contributed by atoms with Crippen LogP contribution < -0.4 is 30.1 Å². The van der Waals surface area contributed by atoms with Crippen LogP contribution in [0.25, 0.3) is 72.3 Å². The topological polar surface area (TPSA) is 35.9 Å². The minimum Gasteiger partial charge on any atom is -0.458 e. The van der Waals surface area contributed by atoms with E-state index in [1.54, 1.807) is 57.8 Å². The molecule has 0 unspecified atom stereocenters. The molecule has 0 N–H and O–H groups in total. The van der Waals surface area contributed by atoms with Gasteiger partial charge in [-0.1, -0.05) is 241 Å². The van der Waals surface area contributed by atoms with Gasteiger partial charge in [-0.15, -0.1) is 0 Å². The molecule has 388 valence electrons. The van der Waals surface area contributed by atoms with Gasteiger partial charge < -0.3 is 4.74 Å². The van der Waals surface area contributed by atoms with Crippen LogP contribution in [-0.2, 0) is 10.8 Å². The molecule has 0 fully saturated rings. The molecule has 6 heteroatoms.